The molecule has 4 atom stereocenters. The van der Waals surface area contributed by atoms with Crippen LogP contribution in [0.25, 0.3) is 0 Å². The maximum atomic E-state index is 11.8. The van der Waals surface area contributed by atoms with Crippen LogP contribution < -0.4 is 11.2 Å². The smallest absolute Gasteiger partial charge is 0.330 e. The number of H-pyrrole nitrogens is 1. The molecule has 0 aliphatic carbocycles. The number of aliphatic hydroxyl groups is 3. The zero-order valence-corrected chi connectivity index (χ0v) is 10.3. The Kier molecular flexibility index (Phi) is 3.85. The number of nitrogens with zero attached hydrogens (tertiary/aromatic N) is 1. The van der Waals surface area contributed by atoms with Gasteiger partial charge in [-0.3, -0.25) is 14.3 Å². The fourth-order valence-corrected chi connectivity index (χ4v) is 2.20. The van der Waals surface area contributed by atoms with E-state index in [1.54, 1.807) is 6.92 Å². The van der Waals surface area contributed by atoms with Crippen molar-refractivity contribution >= 4 is 0 Å². The van der Waals surface area contributed by atoms with Crippen LogP contribution in [0.5, 0.6) is 0 Å². The van der Waals surface area contributed by atoms with Crippen molar-refractivity contribution in [3.05, 3.63) is 32.6 Å². The van der Waals surface area contributed by atoms with Crippen molar-refractivity contribution in [2.24, 2.45) is 0 Å². The second kappa shape index (κ2) is 5.25. The van der Waals surface area contributed by atoms with Gasteiger partial charge in [-0.05, 0) is 6.42 Å². The Morgan fingerprint density at radius 1 is 1.37 bits per heavy atom. The van der Waals surface area contributed by atoms with Crippen molar-refractivity contribution in [1.29, 1.82) is 0 Å². The van der Waals surface area contributed by atoms with Gasteiger partial charge in [-0.1, -0.05) is 6.92 Å². The normalized spacial score (nSPS) is 30.7. The summed E-state index contributed by atoms with van der Waals surface area (Å²) in [6, 6.07) is 1.23. The number of aryl methyl sites for hydroxylation is 1. The summed E-state index contributed by atoms with van der Waals surface area (Å²) in [5.41, 5.74) is -0.882. The van der Waals surface area contributed by atoms with Crippen molar-refractivity contribution in [3.8, 4) is 0 Å². The standard InChI is InChI=1S/C11H16N2O6/c1-2-5-3-7(15)12-11(18)13(5)10-9(17)8(16)6(4-14)19-10/h3,6,8-10,14,16-17H,2,4H2,1H3,(H,12,15,18)/t6-,8-,9+,10+/m1/s1. The van der Waals surface area contributed by atoms with Gasteiger partial charge in [-0.25, -0.2) is 4.79 Å². The van der Waals surface area contributed by atoms with E-state index in [0.29, 0.717) is 12.1 Å². The zero-order chi connectivity index (χ0) is 14.2. The molecule has 0 radical (unpaired) electrons. The minimum atomic E-state index is -1.36. The summed E-state index contributed by atoms with van der Waals surface area (Å²) in [6.07, 6.45) is -4.37. The molecule has 106 valence electrons. The van der Waals surface area contributed by atoms with E-state index in [1.807, 2.05) is 0 Å². The molecule has 19 heavy (non-hydrogen) atoms. The highest BCUT2D eigenvalue weighted by molar-refractivity contribution is 5.04. The van der Waals surface area contributed by atoms with E-state index >= 15 is 0 Å². The van der Waals surface area contributed by atoms with Crippen LogP contribution >= 0.6 is 0 Å². The van der Waals surface area contributed by atoms with Gasteiger partial charge in [-0.15, -0.1) is 0 Å². The number of ether oxygens (including phenoxy) is 1. The Bertz CT molecular complexity index is 565. The molecule has 1 aromatic rings. The second-order valence-corrected chi connectivity index (χ2v) is 4.38. The lowest BCUT2D eigenvalue weighted by Crippen LogP contribution is -2.39. The number of aliphatic hydroxyl groups excluding tert-OH is 3. The zero-order valence-electron chi connectivity index (χ0n) is 10.3. The molecule has 1 aromatic heterocycles. The second-order valence-electron chi connectivity index (χ2n) is 4.38. The van der Waals surface area contributed by atoms with Gasteiger partial charge in [0, 0.05) is 11.8 Å². The average Bonchev–Trinajstić information content (AvgIpc) is 2.65. The molecule has 1 fully saturated rings. The Hall–Kier alpha value is -1.48. The highest BCUT2D eigenvalue weighted by Gasteiger charge is 2.44. The van der Waals surface area contributed by atoms with Crippen LogP contribution in [-0.4, -0.2) is 49.8 Å². The van der Waals surface area contributed by atoms with Crippen LogP contribution in [0.3, 0.4) is 0 Å². The van der Waals surface area contributed by atoms with E-state index in [0.717, 1.165) is 4.57 Å². The molecule has 0 unspecified atom stereocenters. The Morgan fingerprint density at radius 2 is 2.05 bits per heavy atom. The molecule has 2 rings (SSSR count). The molecule has 8 nitrogen and oxygen atoms in total. The summed E-state index contributed by atoms with van der Waals surface area (Å²) in [6.45, 7) is 1.26. The monoisotopic (exact) mass is 272 g/mol. The maximum absolute atomic E-state index is 11.8. The molecular weight excluding hydrogens is 256 g/mol. The number of hydrogen-bond acceptors (Lipinski definition) is 6. The molecule has 0 spiro atoms. The van der Waals surface area contributed by atoms with Gasteiger partial charge in [0.2, 0.25) is 0 Å². The topological polar surface area (TPSA) is 125 Å². The highest BCUT2D eigenvalue weighted by atomic mass is 16.6. The third-order valence-corrected chi connectivity index (χ3v) is 3.19. The SMILES string of the molecule is CCc1cc(=O)[nH]c(=O)n1[C@H]1O[C@H](CO)[C@@H](O)[C@@H]1O. The van der Waals surface area contributed by atoms with Crippen molar-refractivity contribution in [2.75, 3.05) is 6.61 Å². The van der Waals surface area contributed by atoms with Gasteiger partial charge >= 0.3 is 5.69 Å². The number of rotatable bonds is 3. The lowest BCUT2D eigenvalue weighted by Gasteiger charge is -2.20. The van der Waals surface area contributed by atoms with Gasteiger partial charge in [0.1, 0.15) is 18.3 Å². The minimum Gasteiger partial charge on any atom is -0.394 e. The average molecular weight is 272 g/mol. The summed E-state index contributed by atoms with van der Waals surface area (Å²) in [7, 11) is 0. The third-order valence-electron chi connectivity index (χ3n) is 3.19. The fourth-order valence-electron chi connectivity index (χ4n) is 2.20. The van der Waals surface area contributed by atoms with E-state index in [9.17, 15) is 19.8 Å². The quantitative estimate of drug-likeness (QED) is 0.491. The summed E-state index contributed by atoms with van der Waals surface area (Å²) in [5, 5.41) is 28.6. The summed E-state index contributed by atoms with van der Waals surface area (Å²) in [5.74, 6) is 0. The first-order valence-electron chi connectivity index (χ1n) is 5.96. The third kappa shape index (κ3) is 2.35. The van der Waals surface area contributed by atoms with E-state index in [1.165, 1.54) is 6.07 Å². The summed E-state index contributed by atoms with van der Waals surface area (Å²) >= 11 is 0. The predicted octanol–water partition coefficient (Wildman–Crippen LogP) is -2.29. The van der Waals surface area contributed by atoms with Crippen LogP contribution in [0, 0.1) is 0 Å². The van der Waals surface area contributed by atoms with Gasteiger partial charge in [0.15, 0.2) is 6.23 Å². The first-order valence-corrected chi connectivity index (χ1v) is 5.96. The molecule has 0 aromatic carbocycles. The first kappa shape index (κ1) is 13.9. The maximum Gasteiger partial charge on any atom is 0.330 e. The molecule has 0 bridgehead atoms. The van der Waals surface area contributed by atoms with Gasteiger partial charge in [0.25, 0.3) is 5.56 Å². The fraction of sp³-hybridized carbons (Fsp3) is 0.636. The van der Waals surface area contributed by atoms with E-state index < -0.39 is 42.4 Å². The van der Waals surface area contributed by atoms with Gasteiger partial charge in [0.05, 0.1) is 6.61 Å². The molecule has 2 heterocycles. The molecular formula is C11H16N2O6. The van der Waals surface area contributed by atoms with E-state index in [2.05, 4.69) is 4.98 Å². The highest BCUT2D eigenvalue weighted by Crippen LogP contribution is 2.28. The Balaban J connectivity index is 2.48. The molecule has 8 heteroatoms. The lowest BCUT2D eigenvalue weighted by atomic mass is 10.1. The number of aromatic nitrogens is 2. The van der Waals surface area contributed by atoms with Gasteiger partial charge in [-0.2, -0.15) is 0 Å². The first-order chi connectivity index (χ1) is 8.99. The van der Waals surface area contributed by atoms with Crippen LogP contribution in [0.4, 0.5) is 0 Å². The van der Waals surface area contributed by atoms with E-state index in [4.69, 9.17) is 9.84 Å². The molecule has 0 saturated carbocycles. The Morgan fingerprint density at radius 3 is 2.58 bits per heavy atom. The molecule has 1 saturated heterocycles. The predicted molar refractivity (Wildman–Crippen MR) is 63.7 cm³/mol. The number of aromatic amines is 1. The number of hydrogen-bond donors (Lipinski definition) is 4. The number of nitrogens with one attached hydrogen (secondary N) is 1. The van der Waals surface area contributed by atoms with Crippen LogP contribution in [0.2, 0.25) is 0 Å². The Labute approximate surface area is 107 Å². The lowest BCUT2D eigenvalue weighted by molar-refractivity contribution is -0.0562. The molecule has 0 amide bonds. The van der Waals surface area contributed by atoms with Crippen molar-refractivity contribution < 1.29 is 20.1 Å². The summed E-state index contributed by atoms with van der Waals surface area (Å²) < 4.78 is 6.36. The van der Waals surface area contributed by atoms with Gasteiger partial charge < -0.3 is 20.1 Å². The van der Waals surface area contributed by atoms with Crippen LogP contribution in [-0.2, 0) is 11.2 Å². The molecule has 4 N–H and O–H groups in total. The van der Waals surface area contributed by atoms with Crippen molar-refractivity contribution in [3.63, 3.8) is 0 Å². The van der Waals surface area contributed by atoms with E-state index in [-0.39, 0.29) is 0 Å². The van der Waals surface area contributed by atoms with Crippen LogP contribution in [0.1, 0.15) is 18.8 Å². The summed E-state index contributed by atoms with van der Waals surface area (Å²) in [4.78, 5) is 25.1. The minimum absolute atomic E-state index is 0.378. The molecule has 1 aliphatic rings. The molecule has 1 aliphatic heterocycles. The van der Waals surface area contributed by atoms with Crippen molar-refractivity contribution in [1.82, 2.24) is 9.55 Å². The van der Waals surface area contributed by atoms with Crippen LogP contribution in [0.15, 0.2) is 15.7 Å². The van der Waals surface area contributed by atoms with Crippen molar-refractivity contribution in [2.45, 2.75) is 37.9 Å². The largest absolute Gasteiger partial charge is 0.394 e.